The summed E-state index contributed by atoms with van der Waals surface area (Å²) < 4.78 is 5.35. The van der Waals surface area contributed by atoms with E-state index >= 15 is 0 Å². The Kier molecular flexibility index (Phi) is 8.27. The van der Waals surface area contributed by atoms with Gasteiger partial charge in [0.2, 0.25) is 0 Å². The SMILES string of the molecule is CCCNC1(C(=O)OCC)CCC(N(CCC)CCC)C1. The zero-order chi connectivity index (χ0) is 15.7. The van der Waals surface area contributed by atoms with Crippen LogP contribution in [0.3, 0.4) is 0 Å². The minimum absolute atomic E-state index is 0.0473. The van der Waals surface area contributed by atoms with E-state index in [4.69, 9.17) is 4.74 Å². The van der Waals surface area contributed by atoms with E-state index in [1.54, 1.807) is 0 Å². The maximum Gasteiger partial charge on any atom is 0.326 e. The lowest BCUT2D eigenvalue weighted by Gasteiger charge is -2.32. The molecule has 1 saturated carbocycles. The average Bonchev–Trinajstić information content (AvgIpc) is 2.91. The quantitative estimate of drug-likeness (QED) is 0.630. The van der Waals surface area contributed by atoms with Gasteiger partial charge < -0.3 is 15.0 Å². The topological polar surface area (TPSA) is 41.6 Å². The third-order valence-electron chi connectivity index (χ3n) is 4.41. The summed E-state index contributed by atoms with van der Waals surface area (Å²) in [5.74, 6) is -0.0473. The van der Waals surface area contributed by atoms with E-state index in [1.807, 2.05) is 6.92 Å². The molecular weight excluding hydrogens is 264 g/mol. The Labute approximate surface area is 130 Å². The fourth-order valence-corrected chi connectivity index (χ4v) is 3.43. The highest BCUT2D eigenvalue weighted by molar-refractivity contribution is 5.81. The Bertz CT molecular complexity index is 303. The molecule has 1 N–H and O–H groups in total. The lowest BCUT2D eigenvalue weighted by Crippen LogP contribution is -2.52. The van der Waals surface area contributed by atoms with E-state index in [2.05, 4.69) is 31.0 Å². The maximum absolute atomic E-state index is 12.5. The summed E-state index contributed by atoms with van der Waals surface area (Å²) in [4.78, 5) is 15.0. The number of nitrogens with zero attached hydrogens (tertiary/aromatic N) is 1. The van der Waals surface area contributed by atoms with Crippen LogP contribution < -0.4 is 5.32 Å². The van der Waals surface area contributed by atoms with Crippen LogP contribution in [-0.2, 0) is 9.53 Å². The average molecular weight is 298 g/mol. The van der Waals surface area contributed by atoms with Crippen molar-refractivity contribution >= 4 is 5.97 Å². The molecule has 0 spiro atoms. The van der Waals surface area contributed by atoms with E-state index in [1.165, 1.54) is 12.8 Å². The summed E-state index contributed by atoms with van der Waals surface area (Å²) in [5.41, 5.74) is -0.448. The lowest BCUT2D eigenvalue weighted by molar-refractivity contribution is -0.151. The fourth-order valence-electron chi connectivity index (χ4n) is 3.43. The van der Waals surface area contributed by atoms with Crippen LogP contribution in [0.1, 0.15) is 66.2 Å². The Hall–Kier alpha value is -0.610. The number of carbonyl (C=O) groups is 1. The van der Waals surface area contributed by atoms with Gasteiger partial charge >= 0.3 is 5.97 Å². The van der Waals surface area contributed by atoms with Gasteiger partial charge in [0.15, 0.2) is 0 Å². The Morgan fingerprint density at radius 3 is 2.38 bits per heavy atom. The Balaban J connectivity index is 2.75. The second-order valence-electron chi connectivity index (χ2n) is 6.16. The van der Waals surface area contributed by atoms with Crippen LogP contribution in [0, 0.1) is 0 Å². The molecule has 4 nitrogen and oxygen atoms in total. The second kappa shape index (κ2) is 9.42. The van der Waals surface area contributed by atoms with Gasteiger partial charge in [0.05, 0.1) is 6.61 Å². The molecule has 1 rings (SSSR count). The molecule has 0 heterocycles. The van der Waals surface area contributed by atoms with Crippen molar-refractivity contribution in [3.8, 4) is 0 Å². The van der Waals surface area contributed by atoms with Gasteiger partial charge in [-0.25, -0.2) is 0 Å². The van der Waals surface area contributed by atoms with Gasteiger partial charge in [-0.2, -0.15) is 0 Å². The first kappa shape index (κ1) is 18.4. The summed E-state index contributed by atoms with van der Waals surface area (Å²) in [6.45, 7) is 12.1. The highest BCUT2D eigenvalue weighted by Gasteiger charge is 2.47. The summed E-state index contributed by atoms with van der Waals surface area (Å²) in [7, 11) is 0. The molecule has 2 unspecified atom stereocenters. The molecule has 21 heavy (non-hydrogen) atoms. The molecule has 0 bridgehead atoms. The van der Waals surface area contributed by atoms with Crippen LogP contribution >= 0.6 is 0 Å². The van der Waals surface area contributed by atoms with Crippen molar-refractivity contribution in [2.45, 2.75) is 77.8 Å². The molecule has 0 radical (unpaired) electrons. The van der Waals surface area contributed by atoms with Crippen molar-refractivity contribution in [3.05, 3.63) is 0 Å². The van der Waals surface area contributed by atoms with E-state index in [9.17, 15) is 4.79 Å². The molecule has 1 aliphatic carbocycles. The minimum atomic E-state index is -0.448. The van der Waals surface area contributed by atoms with Gasteiger partial charge in [-0.3, -0.25) is 4.79 Å². The fraction of sp³-hybridized carbons (Fsp3) is 0.941. The van der Waals surface area contributed by atoms with E-state index in [-0.39, 0.29) is 5.97 Å². The molecular formula is C17H34N2O2. The number of nitrogens with one attached hydrogen (secondary N) is 1. The summed E-state index contributed by atoms with van der Waals surface area (Å²) in [5, 5.41) is 3.50. The number of ether oxygens (including phenoxy) is 1. The van der Waals surface area contributed by atoms with Crippen LogP contribution in [0.15, 0.2) is 0 Å². The lowest BCUT2D eigenvalue weighted by atomic mass is 9.96. The number of carbonyl (C=O) groups excluding carboxylic acids is 1. The van der Waals surface area contributed by atoms with Gasteiger partial charge in [-0.15, -0.1) is 0 Å². The normalized spacial score (nSPS) is 25.5. The largest absolute Gasteiger partial charge is 0.465 e. The van der Waals surface area contributed by atoms with Crippen LogP contribution in [-0.4, -0.2) is 48.7 Å². The van der Waals surface area contributed by atoms with Crippen molar-refractivity contribution < 1.29 is 9.53 Å². The molecule has 1 fully saturated rings. The maximum atomic E-state index is 12.5. The Morgan fingerprint density at radius 2 is 1.86 bits per heavy atom. The van der Waals surface area contributed by atoms with E-state index in [0.717, 1.165) is 45.3 Å². The second-order valence-corrected chi connectivity index (χ2v) is 6.16. The number of rotatable bonds is 10. The zero-order valence-corrected chi connectivity index (χ0v) is 14.4. The molecule has 0 saturated heterocycles. The zero-order valence-electron chi connectivity index (χ0n) is 14.4. The third-order valence-corrected chi connectivity index (χ3v) is 4.41. The minimum Gasteiger partial charge on any atom is -0.465 e. The van der Waals surface area contributed by atoms with Crippen LogP contribution in [0.4, 0.5) is 0 Å². The molecule has 0 aromatic carbocycles. The first-order chi connectivity index (χ1) is 10.1. The van der Waals surface area contributed by atoms with Gasteiger partial charge in [0.1, 0.15) is 5.54 Å². The van der Waals surface area contributed by atoms with Gasteiger partial charge in [-0.1, -0.05) is 20.8 Å². The molecule has 0 aliphatic heterocycles. The monoisotopic (exact) mass is 298 g/mol. The number of hydrogen-bond acceptors (Lipinski definition) is 4. The molecule has 124 valence electrons. The predicted octanol–water partition coefficient (Wildman–Crippen LogP) is 2.96. The summed E-state index contributed by atoms with van der Waals surface area (Å²) in [6.07, 6.45) is 6.28. The van der Waals surface area contributed by atoms with Crippen molar-refractivity contribution in [2.24, 2.45) is 0 Å². The van der Waals surface area contributed by atoms with Crippen LogP contribution in [0.2, 0.25) is 0 Å². The highest BCUT2D eigenvalue weighted by atomic mass is 16.5. The summed E-state index contributed by atoms with van der Waals surface area (Å²) >= 11 is 0. The van der Waals surface area contributed by atoms with Crippen molar-refractivity contribution in [3.63, 3.8) is 0 Å². The third kappa shape index (κ3) is 4.96. The summed E-state index contributed by atoms with van der Waals surface area (Å²) in [6, 6.07) is 0.513. The molecule has 0 aromatic heterocycles. The smallest absolute Gasteiger partial charge is 0.326 e. The van der Waals surface area contributed by atoms with Crippen molar-refractivity contribution in [1.82, 2.24) is 10.2 Å². The molecule has 1 aliphatic rings. The first-order valence-corrected chi connectivity index (χ1v) is 8.79. The Morgan fingerprint density at radius 1 is 1.19 bits per heavy atom. The standard InChI is InChI=1S/C17H34N2O2/c1-5-11-18-17(16(20)21-8-4)10-9-15(14-17)19(12-6-2)13-7-3/h15,18H,5-14H2,1-4H3. The van der Waals surface area contributed by atoms with E-state index in [0.29, 0.717) is 12.6 Å². The molecule has 0 amide bonds. The molecule has 4 heteroatoms. The van der Waals surface area contributed by atoms with Crippen LogP contribution in [0.25, 0.3) is 0 Å². The molecule has 0 aromatic rings. The first-order valence-electron chi connectivity index (χ1n) is 8.79. The number of esters is 1. The van der Waals surface area contributed by atoms with Gasteiger partial charge in [-0.05, 0) is 65.1 Å². The number of hydrogen-bond donors (Lipinski definition) is 1. The highest BCUT2D eigenvalue weighted by Crippen LogP contribution is 2.34. The van der Waals surface area contributed by atoms with Crippen molar-refractivity contribution in [2.75, 3.05) is 26.2 Å². The van der Waals surface area contributed by atoms with Crippen molar-refractivity contribution in [1.29, 1.82) is 0 Å². The van der Waals surface area contributed by atoms with Gasteiger partial charge in [0, 0.05) is 6.04 Å². The van der Waals surface area contributed by atoms with Crippen LogP contribution in [0.5, 0.6) is 0 Å². The molecule has 2 atom stereocenters. The van der Waals surface area contributed by atoms with Gasteiger partial charge in [0.25, 0.3) is 0 Å². The predicted molar refractivity (Wildman–Crippen MR) is 87.5 cm³/mol. The van der Waals surface area contributed by atoms with E-state index < -0.39 is 5.54 Å².